The molecule has 4 aromatic rings. The second kappa shape index (κ2) is 10.6. The molecule has 0 saturated carbocycles. The lowest BCUT2D eigenvalue weighted by molar-refractivity contribution is 0.278. The van der Waals surface area contributed by atoms with Crippen molar-refractivity contribution in [2.75, 3.05) is 26.6 Å². The third-order valence-electron chi connectivity index (χ3n) is 5.38. The summed E-state index contributed by atoms with van der Waals surface area (Å²) < 4.78 is 23.2. The lowest BCUT2D eigenvalue weighted by Crippen LogP contribution is -2.05. The summed E-state index contributed by atoms with van der Waals surface area (Å²) in [6.07, 6.45) is 1.74. The molecule has 0 radical (unpaired) electrons. The van der Waals surface area contributed by atoms with Crippen molar-refractivity contribution >= 4 is 32.5 Å². The molecular formula is C26H26BrN3O4. The average molecular weight is 524 g/mol. The Morgan fingerprint density at radius 3 is 2.38 bits per heavy atom. The Morgan fingerprint density at radius 1 is 0.912 bits per heavy atom. The Bertz CT molecular complexity index is 1300. The number of hydrogen-bond donors (Lipinski definition) is 1. The Morgan fingerprint density at radius 2 is 1.68 bits per heavy atom. The fraction of sp³-hybridized carbons (Fsp3) is 0.231. The molecule has 0 aliphatic heterocycles. The first-order valence-corrected chi connectivity index (χ1v) is 11.5. The molecule has 0 atom stereocenters. The minimum Gasteiger partial charge on any atom is -0.493 e. The van der Waals surface area contributed by atoms with Crippen molar-refractivity contribution < 1.29 is 18.9 Å². The molecule has 0 aliphatic rings. The molecule has 2 aromatic carbocycles. The molecule has 2 aromatic heterocycles. The Labute approximate surface area is 207 Å². The van der Waals surface area contributed by atoms with Gasteiger partial charge >= 0.3 is 0 Å². The van der Waals surface area contributed by atoms with Crippen LogP contribution in [0.2, 0.25) is 0 Å². The maximum Gasteiger partial charge on any atom is 0.175 e. The number of aryl methyl sites for hydroxylation is 1. The van der Waals surface area contributed by atoms with E-state index >= 15 is 0 Å². The molecule has 0 aliphatic carbocycles. The highest BCUT2D eigenvalue weighted by Crippen LogP contribution is 2.38. The highest BCUT2D eigenvalue weighted by atomic mass is 79.9. The molecule has 0 saturated heterocycles. The molecule has 0 unspecified atom stereocenters. The zero-order valence-electron chi connectivity index (χ0n) is 19.5. The number of nitrogens with one attached hydrogen (secondary N) is 1. The van der Waals surface area contributed by atoms with Crippen LogP contribution in [0.4, 0.5) is 5.82 Å². The monoisotopic (exact) mass is 523 g/mol. The van der Waals surface area contributed by atoms with Gasteiger partial charge in [0, 0.05) is 23.8 Å². The smallest absolute Gasteiger partial charge is 0.175 e. The van der Waals surface area contributed by atoms with Gasteiger partial charge < -0.3 is 24.3 Å². The summed E-state index contributed by atoms with van der Waals surface area (Å²) in [6.45, 7) is 2.88. The first kappa shape index (κ1) is 23.6. The molecule has 1 N–H and O–H groups in total. The van der Waals surface area contributed by atoms with Crippen LogP contribution in [0.15, 0.2) is 59.2 Å². The highest BCUT2D eigenvalue weighted by molar-refractivity contribution is 9.10. The fourth-order valence-corrected chi connectivity index (χ4v) is 4.28. The summed E-state index contributed by atoms with van der Waals surface area (Å²) in [5.74, 6) is 3.41. The molecule has 4 rings (SSSR count). The van der Waals surface area contributed by atoms with Crippen LogP contribution >= 0.6 is 15.9 Å². The van der Waals surface area contributed by atoms with E-state index in [1.807, 2.05) is 55.5 Å². The summed E-state index contributed by atoms with van der Waals surface area (Å²) in [4.78, 5) is 9.01. The van der Waals surface area contributed by atoms with Crippen LogP contribution in [0.5, 0.6) is 23.0 Å². The molecule has 0 amide bonds. The van der Waals surface area contributed by atoms with E-state index in [9.17, 15) is 0 Å². The second-order valence-corrected chi connectivity index (χ2v) is 8.45. The molecule has 2 heterocycles. The Kier molecular flexibility index (Phi) is 7.37. The Balaban J connectivity index is 1.53. The summed E-state index contributed by atoms with van der Waals surface area (Å²) in [7, 11) is 4.89. The molecule has 0 bridgehead atoms. The number of methoxy groups -OCH3 is 3. The summed E-state index contributed by atoms with van der Waals surface area (Å²) in [6, 6.07) is 15.6. The highest BCUT2D eigenvalue weighted by Gasteiger charge is 2.14. The molecule has 0 spiro atoms. The topological polar surface area (TPSA) is 74.7 Å². The number of hydrogen-bond acceptors (Lipinski definition) is 7. The number of pyridine rings is 2. The van der Waals surface area contributed by atoms with Crippen LogP contribution in [0.1, 0.15) is 17.0 Å². The van der Waals surface area contributed by atoms with E-state index in [1.54, 1.807) is 27.5 Å². The van der Waals surface area contributed by atoms with Gasteiger partial charge in [-0.25, -0.2) is 4.98 Å². The predicted octanol–water partition coefficient (Wildman–Crippen LogP) is 5.92. The third kappa shape index (κ3) is 5.17. The van der Waals surface area contributed by atoms with Crippen LogP contribution < -0.4 is 24.3 Å². The number of fused-ring (bicyclic) bond motifs is 1. The van der Waals surface area contributed by atoms with Gasteiger partial charge in [0.2, 0.25) is 0 Å². The summed E-state index contributed by atoms with van der Waals surface area (Å²) in [5, 5.41) is 5.44. The van der Waals surface area contributed by atoms with Gasteiger partial charge in [-0.3, -0.25) is 4.98 Å². The molecule has 0 fully saturated rings. The van der Waals surface area contributed by atoms with E-state index in [0.29, 0.717) is 36.1 Å². The number of rotatable bonds is 9. The van der Waals surface area contributed by atoms with Crippen LogP contribution in [-0.2, 0) is 13.2 Å². The van der Waals surface area contributed by atoms with Crippen molar-refractivity contribution in [3.63, 3.8) is 0 Å². The lowest BCUT2D eigenvalue weighted by Gasteiger charge is -2.15. The van der Waals surface area contributed by atoms with Gasteiger partial charge in [0.05, 0.1) is 31.5 Å². The quantitative estimate of drug-likeness (QED) is 0.292. The largest absolute Gasteiger partial charge is 0.493 e. The van der Waals surface area contributed by atoms with E-state index in [4.69, 9.17) is 23.9 Å². The summed E-state index contributed by atoms with van der Waals surface area (Å²) in [5.41, 5.74) is 2.76. The number of aromatic nitrogens is 2. The minimum atomic E-state index is 0.349. The normalized spacial score (nSPS) is 10.7. The van der Waals surface area contributed by atoms with Crippen molar-refractivity contribution in [1.29, 1.82) is 0 Å². The van der Waals surface area contributed by atoms with Crippen molar-refractivity contribution in [1.82, 2.24) is 9.97 Å². The second-order valence-electron chi connectivity index (χ2n) is 7.59. The first-order chi connectivity index (χ1) is 16.5. The van der Waals surface area contributed by atoms with Gasteiger partial charge in [0.1, 0.15) is 12.4 Å². The van der Waals surface area contributed by atoms with E-state index in [-0.39, 0.29) is 0 Å². The zero-order chi connectivity index (χ0) is 24.1. The van der Waals surface area contributed by atoms with Crippen LogP contribution in [-0.4, -0.2) is 31.3 Å². The maximum atomic E-state index is 5.98. The SMILES string of the molecule is COc1cc2cc(NCc3cc(Br)c(OCc4ccccn4)c(OC)c3)nc(C)c2cc1OC. The molecular weight excluding hydrogens is 498 g/mol. The van der Waals surface area contributed by atoms with Gasteiger partial charge in [-0.2, -0.15) is 0 Å². The van der Waals surface area contributed by atoms with Gasteiger partial charge in [0.15, 0.2) is 23.0 Å². The molecule has 8 heteroatoms. The third-order valence-corrected chi connectivity index (χ3v) is 5.97. The van der Waals surface area contributed by atoms with Crippen molar-refractivity contribution in [3.8, 4) is 23.0 Å². The van der Waals surface area contributed by atoms with Crippen molar-refractivity contribution in [2.24, 2.45) is 0 Å². The summed E-state index contributed by atoms with van der Waals surface area (Å²) >= 11 is 3.62. The van der Waals surface area contributed by atoms with E-state index in [0.717, 1.165) is 38.0 Å². The molecule has 34 heavy (non-hydrogen) atoms. The molecule has 176 valence electrons. The number of benzene rings is 2. The minimum absolute atomic E-state index is 0.349. The van der Waals surface area contributed by atoms with Gasteiger partial charge in [0.25, 0.3) is 0 Å². The predicted molar refractivity (Wildman–Crippen MR) is 136 cm³/mol. The lowest BCUT2D eigenvalue weighted by atomic mass is 10.1. The van der Waals surface area contributed by atoms with E-state index < -0.39 is 0 Å². The van der Waals surface area contributed by atoms with Crippen molar-refractivity contribution in [2.45, 2.75) is 20.1 Å². The first-order valence-electron chi connectivity index (χ1n) is 10.7. The fourth-order valence-electron chi connectivity index (χ4n) is 3.68. The Hall–Kier alpha value is -3.52. The number of ether oxygens (including phenoxy) is 4. The van der Waals surface area contributed by atoms with Crippen LogP contribution in [0.25, 0.3) is 10.8 Å². The van der Waals surface area contributed by atoms with Gasteiger partial charge in [-0.05, 0) is 76.3 Å². The standard InChI is InChI=1S/C26H26BrN3O4/c1-16-20-13-23(32-3)22(31-2)11-18(20)12-25(30-16)29-14-17-9-21(27)26(24(10-17)33-4)34-15-19-7-5-6-8-28-19/h5-13H,14-15H2,1-4H3,(H,29,30). The van der Waals surface area contributed by atoms with E-state index in [1.165, 1.54) is 0 Å². The van der Waals surface area contributed by atoms with Gasteiger partial charge in [-0.15, -0.1) is 0 Å². The average Bonchev–Trinajstić information content (AvgIpc) is 2.86. The number of halogens is 1. The van der Waals surface area contributed by atoms with Crippen molar-refractivity contribution in [3.05, 3.63) is 76.2 Å². The van der Waals surface area contributed by atoms with E-state index in [2.05, 4.69) is 26.2 Å². The molecule has 7 nitrogen and oxygen atoms in total. The van der Waals surface area contributed by atoms with Gasteiger partial charge in [-0.1, -0.05) is 6.07 Å². The zero-order valence-corrected chi connectivity index (χ0v) is 21.1. The number of anilines is 1. The maximum absolute atomic E-state index is 5.98. The van der Waals surface area contributed by atoms with Crippen LogP contribution in [0.3, 0.4) is 0 Å². The van der Waals surface area contributed by atoms with Crippen LogP contribution in [0, 0.1) is 6.92 Å². The number of nitrogens with zero attached hydrogens (tertiary/aromatic N) is 2.